The lowest BCUT2D eigenvalue weighted by Crippen LogP contribution is -2.23. The average molecular weight is 298 g/mol. The van der Waals surface area contributed by atoms with Crippen molar-refractivity contribution in [3.8, 4) is 0 Å². The van der Waals surface area contributed by atoms with Gasteiger partial charge in [-0.3, -0.25) is 4.55 Å². The molecule has 20 heavy (non-hydrogen) atoms. The third kappa shape index (κ3) is 3.71. The molecule has 0 saturated carbocycles. The van der Waals surface area contributed by atoms with E-state index in [0.717, 1.165) is 31.6 Å². The second-order valence-corrected chi connectivity index (χ2v) is 6.89. The first-order valence-corrected chi connectivity index (χ1v) is 8.40. The van der Waals surface area contributed by atoms with Gasteiger partial charge in [-0.1, -0.05) is 19.9 Å². The molecule has 1 aromatic rings. The molecule has 0 radical (unpaired) electrons. The molecular weight excluding hydrogens is 276 g/mol. The van der Waals surface area contributed by atoms with E-state index in [-0.39, 0.29) is 10.9 Å². The molecule has 1 saturated heterocycles. The Balaban J connectivity index is 2.32. The van der Waals surface area contributed by atoms with E-state index in [0.29, 0.717) is 12.1 Å². The SMILES string of the molecule is CC(C)NCc1ccc(N2CCCC2)cc1S(=O)(=O)O. The molecule has 112 valence electrons. The van der Waals surface area contributed by atoms with Crippen LogP contribution in [0.25, 0.3) is 0 Å². The largest absolute Gasteiger partial charge is 0.371 e. The van der Waals surface area contributed by atoms with Crippen LogP contribution < -0.4 is 10.2 Å². The van der Waals surface area contributed by atoms with Crippen molar-refractivity contribution < 1.29 is 13.0 Å². The van der Waals surface area contributed by atoms with E-state index in [1.807, 2.05) is 19.9 Å². The number of hydrogen-bond donors (Lipinski definition) is 2. The first-order chi connectivity index (χ1) is 9.38. The standard InChI is InChI=1S/C14H22N2O3S/c1-11(2)15-10-12-5-6-13(16-7-3-4-8-16)9-14(12)20(17,18)19/h5-6,9,11,15H,3-4,7-8,10H2,1-2H3,(H,17,18,19). The Labute approximate surface area is 120 Å². The van der Waals surface area contributed by atoms with Crippen LogP contribution in [0.5, 0.6) is 0 Å². The number of anilines is 1. The summed E-state index contributed by atoms with van der Waals surface area (Å²) >= 11 is 0. The fraction of sp³-hybridized carbons (Fsp3) is 0.571. The van der Waals surface area contributed by atoms with E-state index in [4.69, 9.17) is 0 Å². The first kappa shape index (κ1) is 15.3. The highest BCUT2D eigenvalue weighted by molar-refractivity contribution is 7.85. The second-order valence-electron chi connectivity index (χ2n) is 5.50. The minimum atomic E-state index is -4.20. The molecule has 1 aliphatic rings. The molecule has 1 fully saturated rings. The number of rotatable bonds is 5. The minimum Gasteiger partial charge on any atom is -0.371 e. The van der Waals surface area contributed by atoms with E-state index in [1.54, 1.807) is 12.1 Å². The number of nitrogens with zero attached hydrogens (tertiary/aromatic N) is 1. The number of hydrogen-bond acceptors (Lipinski definition) is 4. The number of nitrogens with one attached hydrogen (secondary N) is 1. The second kappa shape index (κ2) is 6.11. The average Bonchev–Trinajstić information content (AvgIpc) is 2.88. The summed E-state index contributed by atoms with van der Waals surface area (Å²) in [5.74, 6) is 0. The monoisotopic (exact) mass is 298 g/mol. The predicted octanol–water partition coefficient (Wildman–Crippen LogP) is 2.03. The van der Waals surface area contributed by atoms with Gasteiger partial charge in [0.15, 0.2) is 0 Å². The molecule has 0 aromatic heterocycles. The smallest absolute Gasteiger partial charge is 0.294 e. The molecular formula is C14H22N2O3S. The Morgan fingerprint density at radius 3 is 2.50 bits per heavy atom. The number of benzene rings is 1. The molecule has 0 amide bonds. The predicted molar refractivity (Wildman–Crippen MR) is 79.7 cm³/mol. The van der Waals surface area contributed by atoms with Crippen LogP contribution in [0.4, 0.5) is 5.69 Å². The lowest BCUT2D eigenvalue weighted by atomic mass is 10.2. The normalized spacial score (nSPS) is 16.1. The van der Waals surface area contributed by atoms with Gasteiger partial charge in [0.1, 0.15) is 4.90 Å². The summed E-state index contributed by atoms with van der Waals surface area (Å²) in [5, 5.41) is 3.17. The van der Waals surface area contributed by atoms with Gasteiger partial charge in [-0.2, -0.15) is 8.42 Å². The van der Waals surface area contributed by atoms with Crippen molar-refractivity contribution in [1.29, 1.82) is 0 Å². The summed E-state index contributed by atoms with van der Waals surface area (Å²) in [5.41, 5.74) is 1.47. The van der Waals surface area contributed by atoms with Gasteiger partial charge in [-0.05, 0) is 30.5 Å². The van der Waals surface area contributed by atoms with Crippen LogP contribution in [-0.4, -0.2) is 32.1 Å². The molecule has 1 aliphatic heterocycles. The summed E-state index contributed by atoms with van der Waals surface area (Å²) in [6.07, 6.45) is 2.25. The molecule has 2 N–H and O–H groups in total. The van der Waals surface area contributed by atoms with Crippen molar-refractivity contribution >= 4 is 15.8 Å². The fourth-order valence-electron chi connectivity index (χ4n) is 2.42. The minimum absolute atomic E-state index is 0.00931. The zero-order valence-corrected chi connectivity index (χ0v) is 12.8. The molecule has 5 nitrogen and oxygen atoms in total. The lowest BCUT2D eigenvalue weighted by Gasteiger charge is -2.19. The van der Waals surface area contributed by atoms with Gasteiger partial charge in [-0.15, -0.1) is 0 Å². The zero-order chi connectivity index (χ0) is 14.8. The van der Waals surface area contributed by atoms with E-state index in [9.17, 15) is 13.0 Å². The van der Waals surface area contributed by atoms with Gasteiger partial charge in [-0.25, -0.2) is 0 Å². The van der Waals surface area contributed by atoms with Crippen LogP contribution in [0, 0.1) is 0 Å². The van der Waals surface area contributed by atoms with Crippen molar-refractivity contribution in [3.63, 3.8) is 0 Å². The fourth-order valence-corrected chi connectivity index (χ4v) is 3.16. The van der Waals surface area contributed by atoms with Crippen LogP contribution in [0.3, 0.4) is 0 Å². The Hall–Kier alpha value is -1.11. The van der Waals surface area contributed by atoms with E-state index in [1.165, 1.54) is 0 Å². The van der Waals surface area contributed by atoms with Crippen LogP contribution >= 0.6 is 0 Å². The van der Waals surface area contributed by atoms with Crippen molar-refractivity contribution in [2.24, 2.45) is 0 Å². The maximum absolute atomic E-state index is 11.6. The third-order valence-corrected chi connectivity index (χ3v) is 4.44. The third-order valence-electron chi connectivity index (χ3n) is 3.50. The summed E-state index contributed by atoms with van der Waals surface area (Å²) in [6, 6.07) is 5.55. The van der Waals surface area contributed by atoms with Gasteiger partial charge in [0, 0.05) is 31.4 Å². The van der Waals surface area contributed by atoms with Gasteiger partial charge in [0.05, 0.1) is 0 Å². The van der Waals surface area contributed by atoms with Crippen LogP contribution in [-0.2, 0) is 16.7 Å². The summed E-state index contributed by atoms with van der Waals surface area (Å²) in [6.45, 7) is 6.29. The maximum Gasteiger partial charge on any atom is 0.294 e. The summed E-state index contributed by atoms with van der Waals surface area (Å²) in [7, 11) is -4.20. The highest BCUT2D eigenvalue weighted by Crippen LogP contribution is 2.26. The van der Waals surface area contributed by atoms with Crippen molar-refractivity contribution in [2.75, 3.05) is 18.0 Å². The van der Waals surface area contributed by atoms with Crippen molar-refractivity contribution in [2.45, 2.75) is 44.2 Å². The molecule has 1 aromatic carbocycles. The highest BCUT2D eigenvalue weighted by atomic mass is 32.2. The molecule has 1 heterocycles. The molecule has 0 unspecified atom stereocenters. The van der Waals surface area contributed by atoms with E-state index < -0.39 is 10.1 Å². The van der Waals surface area contributed by atoms with Crippen LogP contribution in [0.2, 0.25) is 0 Å². The lowest BCUT2D eigenvalue weighted by molar-refractivity contribution is 0.480. The van der Waals surface area contributed by atoms with Crippen molar-refractivity contribution in [3.05, 3.63) is 23.8 Å². The zero-order valence-electron chi connectivity index (χ0n) is 12.0. The molecule has 0 aliphatic carbocycles. The van der Waals surface area contributed by atoms with Gasteiger partial charge in [0.25, 0.3) is 10.1 Å². The van der Waals surface area contributed by atoms with Gasteiger partial charge < -0.3 is 10.2 Å². The van der Waals surface area contributed by atoms with Gasteiger partial charge in [0.2, 0.25) is 0 Å². The Morgan fingerprint density at radius 1 is 1.30 bits per heavy atom. The van der Waals surface area contributed by atoms with Gasteiger partial charge >= 0.3 is 0 Å². The Morgan fingerprint density at radius 2 is 1.95 bits per heavy atom. The summed E-state index contributed by atoms with van der Waals surface area (Å²) in [4.78, 5) is 2.16. The molecule has 0 spiro atoms. The van der Waals surface area contributed by atoms with Crippen LogP contribution in [0.1, 0.15) is 32.3 Å². The van der Waals surface area contributed by atoms with E-state index >= 15 is 0 Å². The molecule has 6 heteroatoms. The molecule has 0 atom stereocenters. The first-order valence-electron chi connectivity index (χ1n) is 6.96. The Kier molecular flexibility index (Phi) is 4.67. The van der Waals surface area contributed by atoms with E-state index in [2.05, 4.69) is 10.2 Å². The highest BCUT2D eigenvalue weighted by Gasteiger charge is 2.19. The molecule has 2 rings (SSSR count). The summed E-state index contributed by atoms with van der Waals surface area (Å²) < 4.78 is 32.6. The molecule has 0 bridgehead atoms. The topological polar surface area (TPSA) is 69.6 Å². The van der Waals surface area contributed by atoms with Crippen molar-refractivity contribution in [1.82, 2.24) is 5.32 Å². The quantitative estimate of drug-likeness (QED) is 0.814. The maximum atomic E-state index is 11.6. The Bertz CT molecular complexity index is 564. The van der Waals surface area contributed by atoms with Crippen LogP contribution in [0.15, 0.2) is 23.1 Å².